The normalized spacial score (nSPS) is 11.1. The molecule has 0 spiro atoms. The van der Waals surface area contributed by atoms with Gasteiger partial charge in [-0.15, -0.1) is 0 Å². The number of nitrogens with zero attached hydrogens (tertiary/aromatic N) is 2. The maximum atomic E-state index is 12.5. The summed E-state index contributed by atoms with van der Waals surface area (Å²) < 4.78 is 0. The van der Waals surface area contributed by atoms with Gasteiger partial charge in [-0.1, -0.05) is 30.3 Å². The fraction of sp³-hybridized carbons (Fsp3) is 0.150. The zero-order valence-corrected chi connectivity index (χ0v) is 14.1. The van der Waals surface area contributed by atoms with Gasteiger partial charge in [-0.25, -0.2) is 4.98 Å². The molecule has 0 atom stereocenters. The van der Waals surface area contributed by atoms with E-state index in [2.05, 4.69) is 38.4 Å². The SMILES string of the molecule is Cc1[nH]nc(C(=O)Cc2cnc3[nH]c(-c4ccccc4)cc3c2)c1C. The van der Waals surface area contributed by atoms with Crippen molar-refractivity contribution in [3.8, 4) is 11.3 Å². The minimum Gasteiger partial charge on any atom is -0.339 e. The van der Waals surface area contributed by atoms with Crippen molar-refractivity contribution in [1.82, 2.24) is 20.2 Å². The molecule has 0 bridgehead atoms. The summed E-state index contributed by atoms with van der Waals surface area (Å²) in [6.07, 6.45) is 2.04. The average molecular weight is 330 g/mol. The predicted octanol–water partition coefficient (Wildman–Crippen LogP) is 4.00. The second-order valence-corrected chi connectivity index (χ2v) is 6.25. The van der Waals surface area contributed by atoms with Crippen molar-refractivity contribution < 1.29 is 4.79 Å². The van der Waals surface area contributed by atoms with Crippen molar-refractivity contribution in [3.05, 3.63) is 71.2 Å². The first-order valence-electron chi connectivity index (χ1n) is 8.19. The van der Waals surface area contributed by atoms with Crippen molar-refractivity contribution in [3.63, 3.8) is 0 Å². The molecule has 2 N–H and O–H groups in total. The molecule has 0 aliphatic heterocycles. The first kappa shape index (κ1) is 15.3. The summed E-state index contributed by atoms with van der Waals surface area (Å²) in [4.78, 5) is 20.3. The van der Waals surface area contributed by atoms with Crippen LogP contribution in [-0.2, 0) is 6.42 Å². The number of fused-ring (bicyclic) bond motifs is 1. The van der Waals surface area contributed by atoms with Gasteiger partial charge in [0.2, 0.25) is 0 Å². The molecule has 0 radical (unpaired) electrons. The molecule has 3 aromatic heterocycles. The Kier molecular flexibility index (Phi) is 3.69. The first-order chi connectivity index (χ1) is 12.1. The summed E-state index contributed by atoms with van der Waals surface area (Å²) in [6.45, 7) is 3.82. The molecule has 4 aromatic rings. The lowest BCUT2D eigenvalue weighted by Gasteiger charge is -2.00. The van der Waals surface area contributed by atoms with E-state index in [-0.39, 0.29) is 5.78 Å². The van der Waals surface area contributed by atoms with Gasteiger partial charge in [-0.2, -0.15) is 5.10 Å². The van der Waals surface area contributed by atoms with Crippen LogP contribution in [0.3, 0.4) is 0 Å². The Morgan fingerprint density at radius 1 is 1.12 bits per heavy atom. The van der Waals surface area contributed by atoms with Gasteiger partial charge >= 0.3 is 0 Å². The van der Waals surface area contributed by atoms with Crippen molar-refractivity contribution >= 4 is 16.8 Å². The Balaban J connectivity index is 1.63. The standard InChI is InChI=1S/C20H18N4O/c1-12-13(2)23-24-19(12)18(25)9-14-8-16-10-17(22-20(16)21-11-14)15-6-4-3-5-7-15/h3-8,10-11H,9H2,1-2H3,(H,21,22)(H,23,24). The molecule has 0 saturated carbocycles. The number of pyridine rings is 1. The molecule has 1 aromatic carbocycles. The summed E-state index contributed by atoms with van der Waals surface area (Å²) in [5.74, 6) is 0.00168. The number of aryl methyl sites for hydroxylation is 1. The highest BCUT2D eigenvalue weighted by molar-refractivity contribution is 5.97. The van der Waals surface area contributed by atoms with Crippen LogP contribution in [0.4, 0.5) is 0 Å². The molecule has 25 heavy (non-hydrogen) atoms. The van der Waals surface area contributed by atoms with Gasteiger partial charge in [0, 0.05) is 35.0 Å². The number of hydrogen-bond acceptors (Lipinski definition) is 3. The lowest BCUT2D eigenvalue weighted by atomic mass is 10.0. The number of H-pyrrole nitrogens is 2. The highest BCUT2D eigenvalue weighted by atomic mass is 16.1. The Bertz CT molecular complexity index is 1060. The molecular weight excluding hydrogens is 312 g/mol. The maximum absolute atomic E-state index is 12.5. The molecule has 5 nitrogen and oxygen atoms in total. The van der Waals surface area contributed by atoms with E-state index in [1.54, 1.807) is 6.20 Å². The van der Waals surface area contributed by atoms with E-state index in [1.165, 1.54) is 0 Å². The quantitative estimate of drug-likeness (QED) is 0.556. The number of benzene rings is 1. The van der Waals surface area contributed by atoms with Crippen LogP contribution < -0.4 is 0 Å². The van der Waals surface area contributed by atoms with Gasteiger partial charge in [-0.3, -0.25) is 9.89 Å². The molecule has 5 heteroatoms. The molecule has 4 rings (SSSR count). The number of carbonyl (C=O) groups is 1. The van der Waals surface area contributed by atoms with E-state index in [9.17, 15) is 4.79 Å². The number of rotatable bonds is 4. The number of Topliss-reactive ketones (excluding diaryl/α,β-unsaturated/α-hetero) is 1. The molecule has 0 fully saturated rings. The fourth-order valence-electron chi connectivity index (χ4n) is 2.96. The van der Waals surface area contributed by atoms with Crippen molar-refractivity contribution in [1.29, 1.82) is 0 Å². The van der Waals surface area contributed by atoms with Crippen molar-refractivity contribution in [2.24, 2.45) is 0 Å². The second kappa shape index (κ2) is 6.02. The molecule has 0 amide bonds. The summed E-state index contributed by atoms with van der Waals surface area (Å²) >= 11 is 0. The van der Waals surface area contributed by atoms with E-state index in [4.69, 9.17) is 0 Å². The van der Waals surface area contributed by atoms with Gasteiger partial charge in [0.15, 0.2) is 5.78 Å². The van der Waals surface area contributed by atoms with E-state index in [0.29, 0.717) is 12.1 Å². The molecule has 0 aliphatic rings. The van der Waals surface area contributed by atoms with Crippen molar-refractivity contribution in [2.75, 3.05) is 0 Å². The Morgan fingerprint density at radius 3 is 2.64 bits per heavy atom. The molecular formula is C20H18N4O. The monoisotopic (exact) mass is 330 g/mol. The summed E-state index contributed by atoms with van der Waals surface area (Å²) in [5.41, 5.74) is 6.18. The summed E-state index contributed by atoms with van der Waals surface area (Å²) in [7, 11) is 0. The van der Waals surface area contributed by atoms with Crippen LogP contribution in [0.5, 0.6) is 0 Å². The Labute approximate surface area is 145 Å². The van der Waals surface area contributed by atoms with E-state index < -0.39 is 0 Å². The number of hydrogen-bond donors (Lipinski definition) is 2. The zero-order chi connectivity index (χ0) is 17.4. The number of carbonyl (C=O) groups excluding carboxylic acids is 1. The zero-order valence-electron chi connectivity index (χ0n) is 14.1. The van der Waals surface area contributed by atoms with Crippen LogP contribution in [0, 0.1) is 13.8 Å². The molecule has 3 heterocycles. The minimum atomic E-state index is 0.00168. The van der Waals surface area contributed by atoms with Gasteiger partial charge < -0.3 is 4.98 Å². The minimum absolute atomic E-state index is 0.00168. The highest BCUT2D eigenvalue weighted by Crippen LogP contribution is 2.24. The Hall–Kier alpha value is -3.21. The lowest BCUT2D eigenvalue weighted by molar-refractivity contribution is 0.0987. The largest absolute Gasteiger partial charge is 0.339 e. The van der Waals surface area contributed by atoms with E-state index in [0.717, 1.165) is 39.1 Å². The number of ketones is 1. The van der Waals surface area contributed by atoms with Gasteiger partial charge in [-0.05, 0) is 37.1 Å². The third-order valence-corrected chi connectivity index (χ3v) is 4.49. The molecule has 0 saturated heterocycles. The van der Waals surface area contributed by atoms with Crippen LogP contribution in [0.2, 0.25) is 0 Å². The third kappa shape index (κ3) is 2.85. The van der Waals surface area contributed by atoms with Crippen LogP contribution >= 0.6 is 0 Å². The fourth-order valence-corrected chi connectivity index (χ4v) is 2.96. The van der Waals surface area contributed by atoms with Crippen LogP contribution in [0.1, 0.15) is 27.3 Å². The number of nitrogens with one attached hydrogen (secondary N) is 2. The first-order valence-corrected chi connectivity index (χ1v) is 8.19. The maximum Gasteiger partial charge on any atom is 0.187 e. The number of aromatic amines is 2. The Morgan fingerprint density at radius 2 is 1.92 bits per heavy atom. The summed E-state index contributed by atoms with van der Waals surface area (Å²) in [5, 5.41) is 7.98. The number of aromatic nitrogens is 4. The van der Waals surface area contributed by atoms with E-state index >= 15 is 0 Å². The molecule has 0 unspecified atom stereocenters. The predicted molar refractivity (Wildman–Crippen MR) is 97.6 cm³/mol. The topological polar surface area (TPSA) is 74.4 Å². The second-order valence-electron chi connectivity index (χ2n) is 6.25. The van der Waals surface area contributed by atoms with Gasteiger partial charge in [0.25, 0.3) is 0 Å². The lowest BCUT2D eigenvalue weighted by Crippen LogP contribution is -2.06. The summed E-state index contributed by atoms with van der Waals surface area (Å²) in [6, 6.07) is 14.2. The van der Waals surface area contributed by atoms with Crippen LogP contribution in [0.25, 0.3) is 22.3 Å². The highest BCUT2D eigenvalue weighted by Gasteiger charge is 2.15. The van der Waals surface area contributed by atoms with Crippen LogP contribution in [-0.4, -0.2) is 25.9 Å². The smallest absolute Gasteiger partial charge is 0.187 e. The molecule has 124 valence electrons. The molecule has 0 aliphatic carbocycles. The van der Waals surface area contributed by atoms with Gasteiger partial charge in [0.1, 0.15) is 11.3 Å². The average Bonchev–Trinajstić information content (AvgIpc) is 3.19. The van der Waals surface area contributed by atoms with Gasteiger partial charge in [0.05, 0.1) is 0 Å². The third-order valence-electron chi connectivity index (χ3n) is 4.49. The van der Waals surface area contributed by atoms with Crippen molar-refractivity contribution in [2.45, 2.75) is 20.3 Å². The van der Waals surface area contributed by atoms with Crippen LogP contribution in [0.15, 0.2) is 48.7 Å². The van der Waals surface area contributed by atoms with E-state index in [1.807, 2.05) is 38.1 Å².